The first-order valence-corrected chi connectivity index (χ1v) is 8.13. The molecule has 0 saturated carbocycles. The number of likely N-dealkylation sites (N-methyl/N-ethyl adjacent to an activating group) is 1. The quantitative estimate of drug-likeness (QED) is 0.840. The lowest BCUT2D eigenvalue weighted by molar-refractivity contribution is 0.0406. The first kappa shape index (κ1) is 18.7. The molecule has 1 heterocycles. The predicted octanol–water partition coefficient (Wildman–Crippen LogP) is 3.17. The lowest BCUT2D eigenvalue weighted by Gasteiger charge is -2.50. The number of amides is 1. The number of aromatic nitrogens is 1. The monoisotopic (exact) mass is 309 g/mol. The Labute approximate surface area is 134 Å². The van der Waals surface area contributed by atoms with E-state index in [-0.39, 0.29) is 11.4 Å². The number of rotatable bonds is 7. The van der Waals surface area contributed by atoms with Gasteiger partial charge in [-0.25, -0.2) is 0 Å². The van der Waals surface area contributed by atoms with E-state index in [4.69, 9.17) is 4.52 Å². The average molecular weight is 309 g/mol. The van der Waals surface area contributed by atoms with Crippen molar-refractivity contribution >= 4 is 5.91 Å². The summed E-state index contributed by atoms with van der Waals surface area (Å²) in [6.07, 6.45) is 1.67. The van der Waals surface area contributed by atoms with E-state index in [0.29, 0.717) is 5.69 Å². The van der Waals surface area contributed by atoms with Gasteiger partial charge in [0.05, 0.1) is 5.54 Å². The van der Waals surface area contributed by atoms with Crippen molar-refractivity contribution in [3.05, 3.63) is 17.0 Å². The van der Waals surface area contributed by atoms with Crippen molar-refractivity contribution in [2.24, 2.45) is 0 Å². The molecule has 5 heteroatoms. The van der Waals surface area contributed by atoms with E-state index in [1.54, 1.807) is 0 Å². The largest absolute Gasteiger partial charge is 0.360 e. The van der Waals surface area contributed by atoms with E-state index < -0.39 is 5.54 Å². The summed E-state index contributed by atoms with van der Waals surface area (Å²) >= 11 is 0. The molecule has 0 spiro atoms. The molecule has 1 N–H and O–H groups in total. The third-order valence-electron chi connectivity index (χ3n) is 5.33. The minimum Gasteiger partial charge on any atom is -0.360 e. The summed E-state index contributed by atoms with van der Waals surface area (Å²) in [5.41, 5.74) is 0.671. The topological polar surface area (TPSA) is 58.4 Å². The Hall–Kier alpha value is -1.36. The van der Waals surface area contributed by atoms with Crippen LogP contribution in [0.1, 0.15) is 69.8 Å². The third-order valence-corrected chi connectivity index (χ3v) is 5.33. The van der Waals surface area contributed by atoms with Gasteiger partial charge in [-0.15, -0.1) is 0 Å². The molecule has 0 radical (unpaired) electrons. The Kier molecular flexibility index (Phi) is 5.79. The van der Waals surface area contributed by atoms with Gasteiger partial charge in [-0.3, -0.25) is 9.69 Å². The van der Waals surface area contributed by atoms with Crippen LogP contribution in [0.3, 0.4) is 0 Å². The zero-order valence-corrected chi connectivity index (χ0v) is 15.3. The molecule has 0 fully saturated rings. The van der Waals surface area contributed by atoms with Gasteiger partial charge in [-0.2, -0.15) is 0 Å². The molecule has 0 aliphatic carbocycles. The molecule has 0 saturated heterocycles. The SMILES string of the molecule is CCc1onc(C(=O)NC(C)(C)C(C)(CC)N(C)CC)c1C. The molecular formula is C17H31N3O2. The maximum absolute atomic E-state index is 12.6. The van der Waals surface area contributed by atoms with Gasteiger partial charge in [-0.1, -0.05) is 25.9 Å². The zero-order valence-electron chi connectivity index (χ0n) is 15.3. The number of carbonyl (C=O) groups is 1. The first-order chi connectivity index (χ1) is 10.1. The molecule has 0 aromatic carbocycles. The Balaban J connectivity index is 3.04. The number of hydrogen-bond acceptors (Lipinski definition) is 4. The standard InChI is InChI=1S/C17H31N3O2/c1-9-13-12(4)14(19-22-13)15(21)18-16(5,6)17(7,10-2)20(8)11-3/h9-11H2,1-8H3,(H,18,21). The van der Waals surface area contributed by atoms with Crippen LogP contribution < -0.4 is 5.32 Å². The van der Waals surface area contributed by atoms with E-state index in [2.05, 4.69) is 57.0 Å². The van der Waals surface area contributed by atoms with Crippen molar-refractivity contribution in [1.29, 1.82) is 0 Å². The molecule has 1 atom stereocenters. The molecule has 0 aliphatic rings. The van der Waals surface area contributed by atoms with Crippen LogP contribution >= 0.6 is 0 Å². The van der Waals surface area contributed by atoms with Gasteiger partial charge in [0, 0.05) is 17.5 Å². The van der Waals surface area contributed by atoms with Crippen LogP contribution in [0.25, 0.3) is 0 Å². The van der Waals surface area contributed by atoms with Gasteiger partial charge in [0.15, 0.2) is 5.69 Å². The lowest BCUT2D eigenvalue weighted by Crippen LogP contribution is -2.65. The Morgan fingerprint density at radius 3 is 2.27 bits per heavy atom. The van der Waals surface area contributed by atoms with Crippen LogP contribution in [0.5, 0.6) is 0 Å². The van der Waals surface area contributed by atoms with Crippen LogP contribution in [-0.2, 0) is 6.42 Å². The molecule has 126 valence electrons. The minimum absolute atomic E-state index is 0.150. The fourth-order valence-electron chi connectivity index (χ4n) is 2.93. The van der Waals surface area contributed by atoms with Crippen LogP contribution in [0.4, 0.5) is 0 Å². The van der Waals surface area contributed by atoms with Gasteiger partial charge in [0.1, 0.15) is 5.76 Å². The molecule has 5 nitrogen and oxygen atoms in total. The summed E-state index contributed by atoms with van der Waals surface area (Å²) in [5.74, 6) is 0.599. The smallest absolute Gasteiger partial charge is 0.274 e. The van der Waals surface area contributed by atoms with Crippen molar-refractivity contribution < 1.29 is 9.32 Å². The molecule has 1 rings (SSSR count). The highest BCUT2D eigenvalue weighted by Gasteiger charge is 2.43. The number of nitrogens with zero attached hydrogens (tertiary/aromatic N) is 2. The average Bonchev–Trinajstić information content (AvgIpc) is 2.85. The highest BCUT2D eigenvalue weighted by molar-refractivity contribution is 5.94. The summed E-state index contributed by atoms with van der Waals surface area (Å²) in [4.78, 5) is 14.9. The second kappa shape index (κ2) is 6.82. The maximum atomic E-state index is 12.6. The fraction of sp³-hybridized carbons (Fsp3) is 0.765. The summed E-state index contributed by atoms with van der Waals surface area (Å²) in [7, 11) is 2.09. The zero-order chi connectivity index (χ0) is 17.1. The van der Waals surface area contributed by atoms with E-state index in [0.717, 1.165) is 30.7 Å². The van der Waals surface area contributed by atoms with Crippen molar-refractivity contribution in [2.75, 3.05) is 13.6 Å². The summed E-state index contributed by atoms with van der Waals surface area (Å²) < 4.78 is 5.24. The van der Waals surface area contributed by atoms with Gasteiger partial charge >= 0.3 is 0 Å². The van der Waals surface area contributed by atoms with Crippen LogP contribution in [0.2, 0.25) is 0 Å². The summed E-state index contributed by atoms with van der Waals surface area (Å²) in [6.45, 7) is 15.4. The van der Waals surface area contributed by atoms with E-state index >= 15 is 0 Å². The summed E-state index contributed by atoms with van der Waals surface area (Å²) in [5, 5.41) is 7.10. The molecule has 0 bridgehead atoms. The predicted molar refractivity (Wildman–Crippen MR) is 89.2 cm³/mol. The highest BCUT2D eigenvalue weighted by Crippen LogP contribution is 2.31. The molecule has 1 amide bonds. The van der Waals surface area contributed by atoms with Gasteiger partial charge in [0.2, 0.25) is 0 Å². The third kappa shape index (κ3) is 3.19. The van der Waals surface area contributed by atoms with Crippen molar-refractivity contribution in [3.63, 3.8) is 0 Å². The molecule has 1 aromatic heterocycles. The van der Waals surface area contributed by atoms with Crippen molar-refractivity contribution in [3.8, 4) is 0 Å². The Morgan fingerprint density at radius 1 is 1.27 bits per heavy atom. The van der Waals surface area contributed by atoms with E-state index in [1.807, 2.05) is 13.8 Å². The van der Waals surface area contributed by atoms with Crippen molar-refractivity contribution in [1.82, 2.24) is 15.4 Å². The minimum atomic E-state index is -0.401. The molecule has 0 aliphatic heterocycles. The molecular weight excluding hydrogens is 278 g/mol. The number of carbonyl (C=O) groups excluding carboxylic acids is 1. The van der Waals surface area contributed by atoms with Crippen LogP contribution in [0.15, 0.2) is 4.52 Å². The number of hydrogen-bond donors (Lipinski definition) is 1. The van der Waals surface area contributed by atoms with Crippen LogP contribution in [-0.4, -0.2) is 40.6 Å². The Morgan fingerprint density at radius 2 is 1.86 bits per heavy atom. The first-order valence-electron chi connectivity index (χ1n) is 8.13. The second-order valence-electron chi connectivity index (χ2n) is 6.65. The molecule has 1 unspecified atom stereocenters. The fourth-order valence-corrected chi connectivity index (χ4v) is 2.93. The Bertz CT molecular complexity index is 522. The number of nitrogens with one attached hydrogen (secondary N) is 1. The maximum Gasteiger partial charge on any atom is 0.274 e. The lowest BCUT2D eigenvalue weighted by atomic mass is 9.77. The second-order valence-corrected chi connectivity index (χ2v) is 6.65. The summed E-state index contributed by atoms with van der Waals surface area (Å²) in [6, 6.07) is 0. The molecule has 1 aromatic rings. The van der Waals surface area contributed by atoms with E-state index in [9.17, 15) is 4.79 Å². The van der Waals surface area contributed by atoms with Gasteiger partial charge < -0.3 is 9.84 Å². The molecule has 22 heavy (non-hydrogen) atoms. The van der Waals surface area contributed by atoms with Gasteiger partial charge in [-0.05, 0) is 47.7 Å². The van der Waals surface area contributed by atoms with E-state index in [1.165, 1.54) is 0 Å². The normalized spacial score (nSPS) is 15.0. The van der Waals surface area contributed by atoms with Crippen LogP contribution in [0, 0.1) is 6.92 Å². The van der Waals surface area contributed by atoms with Crippen molar-refractivity contribution in [2.45, 2.75) is 72.4 Å². The van der Waals surface area contributed by atoms with Gasteiger partial charge in [0.25, 0.3) is 5.91 Å². The highest BCUT2D eigenvalue weighted by atomic mass is 16.5. The number of aryl methyl sites for hydroxylation is 1.